The van der Waals surface area contributed by atoms with E-state index in [1.54, 1.807) is 14.2 Å². The summed E-state index contributed by atoms with van der Waals surface area (Å²) in [4.78, 5) is 4.25. The Kier molecular flexibility index (Phi) is 8.59. The summed E-state index contributed by atoms with van der Waals surface area (Å²) in [7, 11) is 5.39. The number of rotatable bonds is 6. The molecule has 0 radical (unpaired) electrons. The van der Waals surface area contributed by atoms with Crippen LogP contribution in [0.4, 0.5) is 0 Å². The van der Waals surface area contributed by atoms with Crippen molar-refractivity contribution in [2.24, 2.45) is 12.0 Å². The van der Waals surface area contributed by atoms with E-state index in [0.717, 1.165) is 30.2 Å². The monoisotopic (exact) mass is 443 g/mol. The van der Waals surface area contributed by atoms with Crippen molar-refractivity contribution in [2.45, 2.75) is 19.9 Å². The summed E-state index contributed by atoms with van der Waals surface area (Å²) in [5.41, 5.74) is 3.49. The molecule has 0 saturated heterocycles. The van der Waals surface area contributed by atoms with Crippen LogP contribution in [-0.2, 0) is 20.0 Å². The molecule has 0 fully saturated rings. The molecule has 132 valence electrons. The fraction of sp³-hybridized carbons (Fsp3) is 0.412. The van der Waals surface area contributed by atoms with Crippen LogP contribution < -0.4 is 15.4 Å². The van der Waals surface area contributed by atoms with E-state index in [2.05, 4.69) is 39.8 Å². The zero-order valence-electron chi connectivity index (χ0n) is 14.7. The maximum atomic E-state index is 5.42. The lowest BCUT2D eigenvalue weighted by Crippen LogP contribution is -2.37. The number of hydrogen-bond acceptors (Lipinski definition) is 3. The molecule has 2 aromatic rings. The molecule has 1 aromatic heterocycles. The van der Waals surface area contributed by atoms with E-state index >= 15 is 0 Å². The molecular formula is C17H26IN5O. The molecule has 0 unspecified atom stereocenters. The summed E-state index contributed by atoms with van der Waals surface area (Å²) in [6.07, 6.45) is 4.81. The number of halogens is 1. The lowest BCUT2D eigenvalue weighted by molar-refractivity contribution is 0.408. The van der Waals surface area contributed by atoms with Crippen molar-refractivity contribution >= 4 is 29.9 Å². The molecule has 0 atom stereocenters. The predicted octanol–water partition coefficient (Wildman–Crippen LogP) is 2.26. The van der Waals surface area contributed by atoms with E-state index in [0.29, 0.717) is 6.54 Å². The molecule has 7 heteroatoms. The number of aliphatic imine (C=N–C) groups is 1. The largest absolute Gasteiger partial charge is 0.496 e. The third kappa shape index (κ3) is 6.03. The lowest BCUT2D eigenvalue weighted by Gasteiger charge is -2.14. The maximum absolute atomic E-state index is 5.42. The van der Waals surface area contributed by atoms with Crippen molar-refractivity contribution < 1.29 is 4.74 Å². The van der Waals surface area contributed by atoms with Gasteiger partial charge in [-0.15, -0.1) is 24.0 Å². The quantitative estimate of drug-likeness (QED) is 0.409. The minimum absolute atomic E-state index is 0. The first kappa shape index (κ1) is 20.3. The Labute approximate surface area is 160 Å². The second-order valence-corrected chi connectivity index (χ2v) is 5.44. The molecule has 0 spiro atoms. The predicted molar refractivity (Wildman–Crippen MR) is 108 cm³/mol. The smallest absolute Gasteiger partial charge is 0.191 e. The molecule has 2 N–H and O–H groups in total. The summed E-state index contributed by atoms with van der Waals surface area (Å²) < 4.78 is 7.24. The number of nitrogens with one attached hydrogen (secondary N) is 2. The van der Waals surface area contributed by atoms with E-state index in [-0.39, 0.29) is 24.0 Å². The van der Waals surface area contributed by atoms with Crippen molar-refractivity contribution in [3.63, 3.8) is 0 Å². The molecule has 1 heterocycles. The minimum Gasteiger partial charge on any atom is -0.496 e. The van der Waals surface area contributed by atoms with Crippen molar-refractivity contribution in [2.75, 3.05) is 20.7 Å². The van der Waals surface area contributed by atoms with Gasteiger partial charge in [0, 0.05) is 38.9 Å². The number of ether oxygens (including phenoxy) is 1. The summed E-state index contributed by atoms with van der Waals surface area (Å²) >= 11 is 0. The highest BCUT2D eigenvalue weighted by Gasteiger charge is 2.05. The fourth-order valence-corrected chi connectivity index (χ4v) is 2.32. The molecular weight excluding hydrogens is 417 g/mol. The first-order valence-electron chi connectivity index (χ1n) is 7.68. The number of hydrogen-bond donors (Lipinski definition) is 2. The third-order valence-electron chi connectivity index (χ3n) is 3.58. The molecule has 0 aliphatic rings. The van der Waals surface area contributed by atoms with Gasteiger partial charge in [-0.25, -0.2) is 0 Å². The van der Waals surface area contributed by atoms with Crippen LogP contribution in [0, 0.1) is 6.92 Å². The van der Waals surface area contributed by atoms with Gasteiger partial charge in [0.1, 0.15) is 5.75 Å². The second kappa shape index (κ2) is 10.2. The van der Waals surface area contributed by atoms with E-state index in [9.17, 15) is 0 Å². The van der Waals surface area contributed by atoms with Crippen LogP contribution in [0.2, 0.25) is 0 Å². The van der Waals surface area contributed by atoms with Gasteiger partial charge in [-0.2, -0.15) is 5.10 Å². The van der Waals surface area contributed by atoms with Crippen LogP contribution >= 0.6 is 24.0 Å². The van der Waals surface area contributed by atoms with Crippen LogP contribution in [0.1, 0.15) is 16.7 Å². The van der Waals surface area contributed by atoms with Gasteiger partial charge in [-0.3, -0.25) is 9.67 Å². The van der Waals surface area contributed by atoms with Crippen LogP contribution in [0.3, 0.4) is 0 Å². The fourth-order valence-electron chi connectivity index (χ4n) is 2.32. The summed E-state index contributed by atoms with van der Waals surface area (Å²) in [6.45, 7) is 3.52. The molecule has 0 aliphatic heterocycles. The molecule has 0 saturated carbocycles. The van der Waals surface area contributed by atoms with E-state index in [1.807, 2.05) is 30.2 Å². The highest BCUT2D eigenvalue weighted by atomic mass is 127. The SMILES string of the molecule is CN=C(NCCc1cnn(C)c1)NCc1ccc(C)cc1OC.I. The number of methoxy groups -OCH3 is 1. The highest BCUT2D eigenvalue weighted by molar-refractivity contribution is 14.0. The Bertz CT molecular complexity index is 669. The van der Waals surface area contributed by atoms with Gasteiger partial charge >= 0.3 is 0 Å². The van der Waals surface area contributed by atoms with Crippen molar-refractivity contribution in [1.82, 2.24) is 20.4 Å². The molecule has 0 amide bonds. The number of guanidine groups is 1. The molecule has 6 nitrogen and oxygen atoms in total. The highest BCUT2D eigenvalue weighted by Crippen LogP contribution is 2.19. The van der Waals surface area contributed by atoms with E-state index in [1.165, 1.54) is 11.1 Å². The van der Waals surface area contributed by atoms with Crippen LogP contribution in [0.15, 0.2) is 35.6 Å². The van der Waals surface area contributed by atoms with E-state index in [4.69, 9.17) is 4.74 Å². The first-order valence-corrected chi connectivity index (χ1v) is 7.68. The Morgan fingerprint density at radius 1 is 1.33 bits per heavy atom. The molecule has 2 rings (SSSR count). The number of aromatic nitrogens is 2. The number of nitrogens with zero attached hydrogens (tertiary/aromatic N) is 3. The zero-order valence-corrected chi connectivity index (χ0v) is 17.0. The molecule has 0 bridgehead atoms. The Morgan fingerprint density at radius 2 is 2.12 bits per heavy atom. The lowest BCUT2D eigenvalue weighted by atomic mass is 10.1. The zero-order chi connectivity index (χ0) is 16.7. The molecule has 1 aromatic carbocycles. The average molecular weight is 443 g/mol. The summed E-state index contributed by atoms with van der Waals surface area (Å²) in [6, 6.07) is 6.19. The van der Waals surface area contributed by atoms with Gasteiger partial charge in [-0.1, -0.05) is 12.1 Å². The number of benzene rings is 1. The van der Waals surface area contributed by atoms with Gasteiger partial charge in [0.05, 0.1) is 13.3 Å². The van der Waals surface area contributed by atoms with Crippen molar-refractivity contribution in [3.8, 4) is 5.75 Å². The van der Waals surface area contributed by atoms with Crippen molar-refractivity contribution in [1.29, 1.82) is 0 Å². The normalized spacial score (nSPS) is 10.9. The van der Waals surface area contributed by atoms with E-state index < -0.39 is 0 Å². The second-order valence-electron chi connectivity index (χ2n) is 5.44. The van der Waals surface area contributed by atoms with Gasteiger partial charge in [0.15, 0.2) is 5.96 Å². The van der Waals surface area contributed by atoms with Crippen molar-refractivity contribution in [3.05, 3.63) is 47.3 Å². The van der Waals surface area contributed by atoms with Gasteiger partial charge in [0.25, 0.3) is 0 Å². The van der Waals surface area contributed by atoms with Gasteiger partial charge in [-0.05, 0) is 30.5 Å². The van der Waals surface area contributed by atoms with Crippen LogP contribution in [0.25, 0.3) is 0 Å². The average Bonchev–Trinajstić information content (AvgIpc) is 2.96. The number of aryl methyl sites for hydroxylation is 2. The van der Waals surface area contributed by atoms with Gasteiger partial charge < -0.3 is 15.4 Å². The van der Waals surface area contributed by atoms with Gasteiger partial charge in [0.2, 0.25) is 0 Å². The Morgan fingerprint density at radius 3 is 2.75 bits per heavy atom. The Hall–Kier alpha value is -1.77. The maximum Gasteiger partial charge on any atom is 0.191 e. The Balaban J connectivity index is 0.00000288. The van der Waals surface area contributed by atoms with Crippen LogP contribution in [-0.4, -0.2) is 36.4 Å². The first-order chi connectivity index (χ1) is 11.1. The summed E-state index contributed by atoms with van der Waals surface area (Å²) in [5, 5.41) is 10.8. The molecule has 0 aliphatic carbocycles. The standard InChI is InChI=1S/C17H25N5O.HI/c1-13-5-6-15(16(9-13)23-4)11-20-17(18-2)19-8-7-14-10-21-22(3)12-14;/h5-6,9-10,12H,7-8,11H2,1-4H3,(H2,18,19,20);1H. The van der Waals surface area contributed by atoms with Crippen LogP contribution in [0.5, 0.6) is 5.75 Å². The minimum atomic E-state index is 0. The topological polar surface area (TPSA) is 63.5 Å². The molecule has 24 heavy (non-hydrogen) atoms. The third-order valence-corrected chi connectivity index (χ3v) is 3.58. The summed E-state index contributed by atoms with van der Waals surface area (Å²) in [5.74, 6) is 1.67.